The van der Waals surface area contributed by atoms with Gasteiger partial charge in [0.25, 0.3) is 0 Å². The molecule has 1 atom stereocenters. The van der Waals surface area contributed by atoms with Crippen molar-refractivity contribution >= 4 is 17.7 Å². The zero-order chi connectivity index (χ0) is 14.7. The molecule has 5 nitrogen and oxygen atoms in total. The van der Waals surface area contributed by atoms with Crippen LogP contribution in [0.15, 0.2) is 18.2 Å². The summed E-state index contributed by atoms with van der Waals surface area (Å²) in [7, 11) is 1.33. The maximum absolute atomic E-state index is 12.4. The van der Waals surface area contributed by atoms with E-state index in [0.717, 1.165) is 23.2 Å². The lowest BCUT2D eigenvalue weighted by atomic mass is 10.1. The van der Waals surface area contributed by atoms with E-state index in [1.54, 1.807) is 0 Å². The number of anilines is 1. The molecule has 1 aromatic rings. The number of nitrogens with one attached hydrogen (secondary N) is 1. The van der Waals surface area contributed by atoms with E-state index in [4.69, 9.17) is 4.74 Å². The molecule has 0 bridgehead atoms. The number of carbonyl (C=O) groups excluding carboxylic acids is 2. The Bertz CT molecular complexity index is 508. The number of ether oxygens (including phenoxy) is 1. The SMILES string of the molecule is COC(=O)N1CCCC1C(=O)Nc1c(C)cccc1C. The molecule has 1 fully saturated rings. The van der Waals surface area contributed by atoms with E-state index in [1.807, 2.05) is 32.0 Å². The fraction of sp³-hybridized carbons (Fsp3) is 0.467. The normalized spacial score (nSPS) is 17.9. The Morgan fingerprint density at radius 3 is 2.55 bits per heavy atom. The zero-order valence-corrected chi connectivity index (χ0v) is 12.1. The van der Waals surface area contributed by atoms with Gasteiger partial charge in [0.05, 0.1) is 7.11 Å². The lowest BCUT2D eigenvalue weighted by Gasteiger charge is -2.23. The fourth-order valence-corrected chi connectivity index (χ4v) is 2.59. The van der Waals surface area contributed by atoms with Crippen LogP contribution in [0.1, 0.15) is 24.0 Å². The third kappa shape index (κ3) is 2.76. The van der Waals surface area contributed by atoms with Gasteiger partial charge in [-0.3, -0.25) is 9.69 Å². The molecule has 1 saturated heterocycles. The summed E-state index contributed by atoms with van der Waals surface area (Å²) in [6, 6.07) is 5.42. The van der Waals surface area contributed by atoms with E-state index >= 15 is 0 Å². The number of carbonyl (C=O) groups is 2. The Labute approximate surface area is 118 Å². The van der Waals surface area contributed by atoms with Crippen LogP contribution in [0.4, 0.5) is 10.5 Å². The maximum atomic E-state index is 12.4. The minimum Gasteiger partial charge on any atom is -0.453 e. The molecule has 20 heavy (non-hydrogen) atoms. The van der Waals surface area contributed by atoms with E-state index in [9.17, 15) is 9.59 Å². The highest BCUT2D eigenvalue weighted by atomic mass is 16.5. The Morgan fingerprint density at radius 1 is 1.30 bits per heavy atom. The zero-order valence-electron chi connectivity index (χ0n) is 12.1. The Balaban J connectivity index is 2.14. The first-order valence-corrected chi connectivity index (χ1v) is 6.76. The van der Waals surface area contributed by atoms with Gasteiger partial charge in [-0.1, -0.05) is 18.2 Å². The van der Waals surface area contributed by atoms with Gasteiger partial charge in [-0.15, -0.1) is 0 Å². The molecular weight excluding hydrogens is 256 g/mol. The van der Waals surface area contributed by atoms with Gasteiger partial charge >= 0.3 is 6.09 Å². The van der Waals surface area contributed by atoms with Crippen molar-refractivity contribution in [3.63, 3.8) is 0 Å². The Hall–Kier alpha value is -2.04. The third-order valence-corrected chi connectivity index (χ3v) is 3.69. The minimum absolute atomic E-state index is 0.148. The third-order valence-electron chi connectivity index (χ3n) is 3.69. The topological polar surface area (TPSA) is 58.6 Å². The van der Waals surface area contributed by atoms with Crippen LogP contribution in [-0.4, -0.2) is 36.6 Å². The van der Waals surface area contributed by atoms with Gasteiger partial charge in [-0.05, 0) is 37.8 Å². The molecule has 1 aromatic carbocycles. The molecule has 1 heterocycles. The predicted octanol–water partition coefficient (Wildman–Crippen LogP) is 2.47. The van der Waals surface area contributed by atoms with Gasteiger partial charge in [0, 0.05) is 12.2 Å². The lowest BCUT2D eigenvalue weighted by molar-refractivity contribution is -0.120. The molecule has 1 N–H and O–H groups in total. The highest BCUT2D eigenvalue weighted by Gasteiger charge is 2.34. The molecule has 5 heteroatoms. The van der Waals surface area contributed by atoms with E-state index in [1.165, 1.54) is 12.0 Å². The average molecular weight is 276 g/mol. The standard InChI is InChI=1S/C15H20N2O3/c1-10-6-4-7-11(2)13(10)16-14(18)12-8-5-9-17(12)15(19)20-3/h4,6-7,12H,5,8-9H2,1-3H3,(H,16,18). The maximum Gasteiger partial charge on any atom is 0.410 e. The minimum atomic E-state index is -0.443. The number of hydrogen-bond donors (Lipinski definition) is 1. The molecule has 2 rings (SSSR count). The van der Waals surface area contributed by atoms with Gasteiger partial charge in [-0.2, -0.15) is 0 Å². The summed E-state index contributed by atoms with van der Waals surface area (Å²) in [4.78, 5) is 25.5. The first-order chi connectivity index (χ1) is 9.54. The fourth-order valence-electron chi connectivity index (χ4n) is 2.59. The first-order valence-electron chi connectivity index (χ1n) is 6.76. The lowest BCUT2D eigenvalue weighted by Crippen LogP contribution is -2.43. The largest absolute Gasteiger partial charge is 0.453 e. The van der Waals surface area contributed by atoms with Gasteiger partial charge in [0.2, 0.25) is 5.91 Å². The molecule has 1 aliphatic heterocycles. The molecule has 0 spiro atoms. The number of aryl methyl sites for hydroxylation is 2. The second kappa shape index (κ2) is 5.94. The summed E-state index contributed by atoms with van der Waals surface area (Å²) in [5.74, 6) is -0.148. The van der Waals surface area contributed by atoms with Crippen LogP contribution in [0.5, 0.6) is 0 Å². The van der Waals surface area contributed by atoms with E-state index in [-0.39, 0.29) is 5.91 Å². The second-order valence-electron chi connectivity index (χ2n) is 5.08. The number of hydrogen-bond acceptors (Lipinski definition) is 3. The Morgan fingerprint density at radius 2 is 1.95 bits per heavy atom. The molecule has 1 aliphatic rings. The Kier molecular flexibility index (Phi) is 4.27. The number of methoxy groups -OCH3 is 1. The smallest absolute Gasteiger partial charge is 0.410 e. The molecule has 0 radical (unpaired) electrons. The van der Waals surface area contributed by atoms with Gasteiger partial charge in [-0.25, -0.2) is 4.79 Å². The van der Waals surface area contributed by atoms with Crippen molar-refractivity contribution in [3.05, 3.63) is 29.3 Å². The van der Waals surface area contributed by atoms with E-state index in [0.29, 0.717) is 13.0 Å². The molecule has 0 aliphatic carbocycles. The summed E-state index contributed by atoms with van der Waals surface area (Å²) in [6.07, 6.45) is 1.05. The number of likely N-dealkylation sites (tertiary alicyclic amines) is 1. The molecular formula is C15H20N2O3. The summed E-state index contributed by atoms with van der Waals surface area (Å²) in [6.45, 7) is 4.47. The van der Waals surface area contributed by atoms with Crippen molar-refractivity contribution < 1.29 is 14.3 Å². The number of benzene rings is 1. The molecule has 2 amide bonds. The van der Waals surface area contributed by atoms with Crippen LogP contribution >= 0.6 is 0 Å². The van der Waals surface area contributed by atoms with Gasteiger partial charge in [0.1, 0.15) is 6.04 Å². The number of amides is 2. The quantitative estimate of drug-likeness (QED) is 0.902. The summed E-state index contributed by atoms with van der Waals surface area (Å²) in [5.41, 5.74) is 2.86. The number of nitrogens with zero attached hydrogens (tertiary/aromatic N) is 1. The summed E-state index contributed by atoms with van der Waals surface area (Å²) in [5, 5.41) is 2.94. The highest BCUT2D eigenvalue weighted by Crippen LogP contribution is 2.23. The molecule has 1 unspecified atom stereocenters. The van der Waals surface area contributed by atoms with Crippen LogP contribution in [0.2, 0.25) is 0 Å². The molecule has 0 aromatic heterocycles. The second-order valence-corrected chi connectivity index (χ2v) is 5.08. The average Bonchev–Trinajstić information content (AvgIpc) is 2.91. The summed E-state index contributed by atoms with van der Waals surface area (Å²) >= 11 is 0. The van der Waals surface area contributed by atoms with Crippen molar-refractivity contribution in [2.24, 2.45) is 0 Å². The van der Waals surface area contributed by atoms with Crippen LogP contribution in [-0.2, 0) is 9.53 Å². The summed E-state index contributed by atoms with van der Waals surface area (Å²) < 4.78 is 4.72. The first kappa shape index (κ1) is 14.4. The van der Waals surface area contributed by atoms with E-state index < -0.39 is 12.1 Å². The van der Waals surface area contributed by atoms with Crippen LogP contribution in [0, 0.1) is 13.8 Å². The van der Waals surface area contributed by atoms with Crippen molar-refractivity contribution in [1.29, 1.82) is 0 Å². The van der Waals surface area contributed by atoms with Gasteiger partial charge < -0.3 is 10.1 Å². The van der Waals surface area contributed by atoms with Crippen molar-refractivity contribution in [3.8, 4) is 0 Å². The van der Waals surface area contributed by atoms with Crippen LogP contribution < -0.4 is 5.32 Å². The van der Waals surface area contributed by atoms with Crippen molar-refractivity contribution in [2.75, 3.05) is 19.0 Å². The van der Waals surface area contributed by atoms with Crippen molar-refractivity contribution in [2.45, 2.75) is 32.7 Å². The monoisotopic (exact) mass is 276 g/mol. The van der Waals surface area contributed by atoms with E-state index in [2.05, 4.69) is 5.32 Å². The predicted molar refractivity (Wildman–Crippen MR) is 76.7 cm³/mol. The van der Waals surface area contributed by atoms with Crippen LogP contribution in [0.3, 0.4) is 0 Å². The van der Waals surface area contributed by atoms with Crippen LogP contribution in [0.25, 0.3) is 0 Å². The number of para-hydroxylation sites is 1. The number of rotatable bonds is 2. The highest BCUT2D eigenvalue weighted by molar-refractivity contribution is 5.98. The molecule has 0 saturated carbocycles. The van der Waals surface area contributed by atoms with Crippen molar-refractivity contribution in [1.82, 2.24) is 4.90 Å². The molecule has 108 valence electrons. The van der Waals surface area contributed by atoms with Gasteiger partial charge in [0.15, 0.2) is 0 Å².